The first kappa shape index (κ1) is 9.07. The molecule has 0 saturated carbocycles. The Bertz CT molecular complexity index is 263. The van der Waals surface area contributed by atoms with Gasteiger partial charge in [0.15, 0.2) is 0 Å². The monoisotopic (exact) mass is 182 g/mol. The molecule has 13 heavy (non-hydrogen) atoms. The molecule has 0 spiro atoms. The molecule has 0 radical (unpaired) electrons. The average Bonchev–Trinajstić information content (AvgIpc) is 1.97. The molecule has 0 aromatic carbocycles. The smallest absolute Gasteiger partial charge is 0.131 e. The first-order valence-electron chi connectivity index (χ1n) is 4.92. The molecular weight excluding hydrogens is 164 g/mol. The van der Waals surface area contributed by atoms with Crippen molar-refractivity contribution in [3.63, 3.8) is 0 Å². The second-order valence-electron chi connectivity index (χ2n) is 5.09. The van der Waals surface area contributed by atoms with Gasteiger partial charge in [-0.05, 0) is 33.8 Å². The molecule has 1 aliphatic heterocycles. The lowest BCUT2D eigenvalue weighted by atomic mass is 9.82. The van der Waals surface area contributed by atoms with Gasteiger partial charge in [-0.15, -0.1) is 0 Å². The van der Waals surface area contributed by atoms with Crippen molar-refractivity contribution < 1.29 is 9.47 Å². The highest BCUT2D eigenvalue weighted by molar-refractivity contribution is 5.22. The fraction of sp³-hybridized carbons (Fsp3) is 0.818. The Hall–Kier alpha value is -0.500. The topological polar surface area (TPSA) is 18.5 Å². The normalized spacial score (nSPS) is 39.6. The summed E-state index contributed by atoms with van der Waals surface area (Å²) in [7, 11) is 0. The van der Waals surface area contributed by atoms with Crippen molar-refractivity contribution in [2.75, 3.05) is 0 Å². The summed E-state index contributed by atoms with van der Waals surface area (Å²) in [4.78, 5) is 0. The molecule has 2 aliphatic rings. The van der Waals surface area contributed by atoms with Gasteiger partial charge in [0, 0.05) is 5.92 Å². The second kappa shape index (κ2) is 2.30. The van der Waals surface area contributed by atoms with Gasteiger partial charge < -0.3 is 9.47 Å². The lowest BCUT2D eigenvalue weighted by Gasteiger charge is -2.53. The zero-order valence-electron chi connectivity index (χ0n) is 9.05. The van der Waals surface area contributed by atoms with Crippen molar-refractivity contribution in [2.24, 2.45) is 5.92 Å². The minimum absolute atomic E-state index is 0.197. The maximum Gasteiger partial charge on any atom is 0.131 e. The van der Waals surface area contributed by atoms with Crippen LogP contribution in [0, 0.1) is 5.92 Å². The van der Waals surface area contributed by atoms with Crippen LogP contribution in [0.4, 0.5) is 0 Å². The fourth-order valence-electron chi connectivity index (χ4n) is 1.72. The third-order valence-corrected chi connectivity index (χ3v) is 3.43. The highest BCUT2D eigenvalue weighted by Gasteiger charge is 2.51. The lowest BCUT2D eigenvalue weighted by molar-refractivity contribution is -0.248. The summed E-state index contributed by atoms with van der Waals surface area (Å²) in [6.45, 7) is 10.5. The van der Waals surface area contributed by atoms with Crippen LogP contribution >= 0.6 is 0 Å². The summed E-state index contributed by atoms with van der Waals surface area (Å²) in [5, 5.41) is 0. The summed E-state index contributed by atoms with van der Waals surface area (Å²) in [6, 6.07) is 0. The molecule has 1 saturated heterocycles. The molecule has 0 amide bonds. The molecule has 74 valence electrons. The lowest BCUT2D eigenvalue weighted by Crippen LogP contribution is -2.59. The zero-order valence-corrected chi connectivity index (χ0v) is 9.05. The van der Waals surface area contributed by atoms with E-state index in [1.807, 2.05) is 0 Å². The molecule has 0 aromatic rings. The average molecular weight is 182 g/mol. The third kappa shape index (κ3) is 1.12. The molecule has 2 heteroatoms. The predicted octanol–water partition coefficient (Wildman–Crippen LogP) is 2.49. The quantitative estimate of drug-likeness (QED) is 0.573. The van der Waals surface area contributed by atoms with E-state index in [2.05, 4.69) is 40.7 Å². The Labute approximate surface area is 79.9 Å². The van der Waals surface area contributed by atoms with Crippen LogP contribution in [0.15, 0.2) is 11.8 Å². The Morgan fingerprint density at radius 2 is 1.77 bits per heavy atom. The highest BCUT2D eigenvalue weighted by atomic mass is 16.6. The van der Waals surface area contributed by atoms with Gasteiger partial charge in [-0.1, -0.05) is 6.92 Å². The van der Waals surface area contributed by atoms with Crippen molar-refractivity contribution >= 4 is 0 Å². The van der Waals surface area contributed by atoms with E-state index in [1.54, 1.807) is 0 Å². The van der Waals surface area contributed by atoms with Crippen LogP contribution in [0.5, 0.6) is 0 Å². The fourth-order valence-corrected chi connectivity index (χ4v) is 1.72. The van der Waals surface area contributed by atoms with Crippen LogP contribution < -0.4 is 0 Å². The van der Waals surface area contributed by atoms with Gasteiger partial charge in [-0.25, -0.2) is 0 Å². The molecule has 1 aliphatic carbocycles. The molecule has 2 nitrogen and oxygen atoms in total. The Balaban J connectivity index is 2.26. The van der Waals surface area contributed by atoms with Gasteiger partial charge in [-0.3, -0.25) is 0 Å². The van der Waals surface area contributed by atoms with E-state index in [1.165, 1.54) is 0 Å². The summed E-state index contributed by atoms with van der Waals surface area (Å²) in [6.07, 6.45) is 2.34. The van der Waals surface area contributed by atoms with Crippen molar-refractivity contribution in [3.8, 4) is 0 Å². The van der Waals surface area contributed by atoms with Crippen LogP contribution in [0.3, 0.4) is 0 Å². The Morgan fingerprint density at radius 3 is 2.31 bits per heavy atom. The Morgan fingerprint density at radius 1 is 1.15 bits per heavy atom. The standard InChI is InChI=1S/C11H18O2/c1-7-6-8-9(7)13-11(4,5)10(2,3)12-8/h6-7,9H,1-5H3. The van der Waals surface area contributed by atoms with Gasteiger partial charge in [0.25, 0.3) is 0 Å². The van der Waals surface area contributed by atoms with Crippen molar-refractivity contribution in [1.29, 1.82) is 0 Å². The molecule has 1 fully saturated rings. The van der Waals surface area contributed by atoms with E-state index < -0.39 is 0 Å². The number of ether oxygens (including phenoxy) is 2. The molecule has 1 heterocycles. The summed E-state index contributed by atoms with van der Waals surface area (Å²) >= 11 is 0. The van der Waals surface area contributed by atoms with Crippen LogP contribution in [0.2, 0.25) is 0 Å². The van der Waals surface area contributed by atoms with E-state index in [0.717, 1.165) is 5.76 Å². The van der Waals surface area contributed by atoms with Crippen molar-refractivity contribution in [2.45, 2.75) is 51.9 Å². The van der Waals surface area contributed by atoms with Gasteiger partial charge >= 0.3 is 0 Å². The molecular formula is C11H18O2. The summed E-state index contributed by atoms with van der Waals surface area (Å²) < 4.78 is 11.9. The maximum atomic E-state index is 6.01. The molecule has 0 N–H and O–H groups in total. The summed E-state index contributed by atoms with van der Waals surface area (Å²) in [5.74, 6) is 1.53. The van der Waals surface area contributed by atoms with Crippen LogP contribution in [0.1, 0.15) is 34.6 Å². The Kier molecular flexibility index (Phi) is 1.60. The van der Waals surface area contributed by atoms with E-state index >= 15 is 0 Å². The second-order valence-corrected chi connectivity index (χ2v) is 5.09. The van der Waals surface area contributed by atoms with Gasteiger partial charge in [0.05, 0.1) is 0 Å². The third-order valence-electron chi connectivity index (χ3n) is 3.43. The maximum absolute atomic E-state index is 6.01. The first-order valence-corrected chi connectivity index (χ1v) is 4.92. The van der Waals surface area contributed by atoms with Gasteiger partial charge in [-0.2, -0.15) is 0 Å². The van der Waals surface area contributed by atoms with E-state index in [4.69, 9.17) is 9.47 Å². The molecule has 2 atom stereocenters. The first-order chi connectivity index (χ1) is 5.83. The van der Waals surface area contributed by atoms with Gasteiger partial charge in [0.2, 0.25) is 0 Å². The molecule has 2 unspecified atom stereocenters. The summed E-state index contributed by atoms with van der Waals surface area (Å²) in [5.41, 5.74) is -0.431. The SMILES string of the molecule is CC1C=C2OC(C)(C)C(C)(C)OC21. The predicted molar refractivity (Wildman–Crippen MR) is 51.4 cm³/mol. The number of rotatable bonds is 0. The van der Waals surface area contributed by atoms with E-state index in [0.29, 0.717) is 5.92 Å². The van der Waals surface area contributed by atoms with Gasteiger partial charge in [0.1, 0.15) is 23.1 Å². The molecule has 0 aromatic heterocycles. The zero-order chi connectivity index (χ0) is 9.85. The van der Waals surface area contributed by atoms with Crippen LogP contribution in [0.25, 0.3) is 0 Å². The minimum Gasteiger partial charge on any atom is -0.487 e. The number of fused-ring (bicyclic) bond motifs is 1. The largest absolute Gasteiger partial charge is 0.487 e. The number of hydrogen-bond acceptors (Lipinski definition) is 2. The van der Waals surface area contributed by atoms with Crippen molar-refractivity contribution in [3.05, 3.63) is 11.8 Å². The minimum atomic E-state index is -0.227. The molecule has 2 rings (SSSR count). The van der Waals surface area contributed by atoms with E-state index in [-0.39, 0.29) is 17.3 Å². The molecule has 0 bridgehead atoms. The highest BCUT2D eigenvalue weighted by Crippen LogP contribution is 2.45. The van der Waals surface area contributed by atoms with Crippen LogP contribution in [-0.4, -0.2) is 17.3 Å². The van der Waals surface area contributed by atoms with Crippen molar-refractivity contribution in [1.82, 2.24) is 0 Å². The number of hydrogen-bond donors (Lipinski definition) is 0. The van der Waals surface area contributed by atoms with E-state index in [9.17, 15) is 0 Å². The van der Waals surface area contributed by atoms with Crippen LogP contribution in [-0.2, 0) is 9.47 Å².